The van der Waals surface area contributed by atoms with E-state index in [4.69, 9.17) is 9.47 Å². The average molecular weight is 421 g/mol. The molecular weight excluding hydrogens is 396 g/mol. The number of hydrogen-bond acceptors (Lipinski definition) is 6. The van der Waals surface area contributed by atoms with E-state index >= 15 is 0 Å². The lowest BCUT2D eigenvalue weighted by Crippen LogP contribution is -2.15. The second-order valence-corrected chi connectivity index (χ2v) is 7.87. The van der Waals surface area contributed by atoms with Gasteiger partial charge in [-0.3, -0.25) is 9.59 Å². The molecule has 2 rings (SSSR count). The molecule has 28 heavy (non-hydrogen) atoms. The second-order valence-electron chi connectivity index (χ2n) is 5.66. The molecule has 8 heteroatoms. The summed E-state index contributed by atoms with van der Waals surface area (Å²) in [6.07, 6.45) is 0. The molecule has 2 aromatic carbocycles. The summed E-state index contributed by atoms with van der Waals surface area (Å²) in [7, 11) is 3.20. The molecule has 0 aliphatic carbocycles. The van der Waals surface area contributed by atoms with E-state index in [0.29, 0.717) is 11.5 Å². The summed E-state index contributed by atoms with van der Waals surface area (Å²) in [4.78, 5) is 23.8. The number of rotatable bonds is 11. The zero-order valence-electron chi connectivity index (χ0n) is 15.9. The standard InChI is InChI=1S/C20H24N2O4S2/c1-25-17-7-3-15(4-8-17)21-19(23)13-27-11-12-28-14-20(24)22-16-5-9-18(26-2)10-6-16/h3-10H,11-14H2,1-2H3,(H,21,23)(H,22,24). The number of anilines is 2. The molecule has 0 aromatic heterocycles. The molecule has 0 saturated heterocycles. The largest absolute Gasteiger partial charge is 0.497 e. The topological polar surface area (TPSA) is 76.7 Å². The van der Waals surface area contributed by atoms with Crippen LogP contribution in [0.25, 0.3) is 0 Å². The molecule has 6 nitrogen and oxygen atoms in total. The Labute approximate surface area is 173 Å². The summed E-state index contributed by atoms with van der Waals surface area (Å²) >= 11 is 3.09. The Balaban J connectivity index is 1.54. The molecule has 0 fully saturated rings. The number of carbonyl (C=O) groups is 2. The molecule has 0 radical (unpaired) electrons. The number of benzene rings is 2. The molecule has 0 spiro atoms. The zero-order chi connectivity index (χ0) is 20.2. The van der Waals surface area contributed by atoms with Gasteiger partial charge in [-0.2, -0.15) is 23.5 Å². The lowest BCUT2D eigenvalue weighted by Gasteiger charge is -2.07. The van der Waals surface area contributed by atoms with Gasteiger partial charge >= 0.3 is 0 Å². The van der Waals surface area contributed by atoms with Gasteiger partial charge in [-0.1, -0.05) is 0 Å². The quantitative estimate of drug-likeness (QED) is 0.539. The van der Waals surface area contributed by atoms with Crippen molar-refractivity contribution in [1.82, 2.24) is 0 Å². The first-order chi connectivity index (χ1) is 13.6. The molecule has 2 aromatic rings. The number of thioether (sulfide) groups is 2. The Bertz CT molecular complexity index is 686. The van der Waals surface area contributed by atoms with Gasteiger partial charge in [0.2, 0.25) is 11.8 Å². The van der Waals surface area contributed by atoms with Crippen LogP contribution < -0.4 is 20.1 Å². The van der Waals surface area contributed by atoms with E-state index in [1.807, 2.05) is 0 Å². The smallest absolute Gasteiger partial charge is 0.234 e. The van der Waals surface area contributed by atoms with Crippen LogP contribution in [0, 0.1) is 0 Å². The normalized spacial score (nSPS) is 10.2. The maximum atomic E-state index is 11.9. The maximum absolute atomic E-state index is 11.9. The van der Waals surface area contributed by atoms with Crippen LogP contribution in [0.5, 0.6) is 11.5 Å². The SMILES string of the molecule is COc1ccc(NC(=O)CSCCSCC(=O)Nc2ccc(OC)cc2)cc1. The highest BCUT2D eigenvalue weighted by Gasteiger charge is 2.05. The molecule has 0 unspecified atom stereocenters. The zero-order valence-corrected chi connectivity index (χ0v) is 17.5. The number of methoxy groups -OCH3 is 2. The fourth-order valence-electron chi connectivity index (χ4n) is 2.19. The van der Waals surface area contributed by atoms with Crippen molar-refractivity contribution in [3.63, 3.8) is 0 Å². The summed E-state index contributed by atoms with van der Waals surface area (Å²) in [5, 5.41) is 5.69. The average Bonchev–Trinajstić information content (AvgIpc) is 2.71. The van der Waals surface area contributed by atoms with Crippen LogP contribution in [-0.2, 0) is 9.59 Å². The van der Waals surface area contributed by atoms with Gasteiger partial charge in [-0.05, 0) is 48.5 Å². The van der Waals surface area contributed by atoms with Crippen molar-refractivity contribution in [1.29, 1.82) is 0 Å². The molecular formula is C20H24N2O4S2. The van der Waals surface area contributed by atoms with E-state index in [2.05, 4.69) is 10.6 Å². The van der Waals surface area contributed by atoms with Crippen LogP contribution in [0.15, 0.2) is 48.5 Å². The highest BCUT2D eigenvalue weighted by atomic mass is 32.2. The third-order valence-corrected chi connectivity index (χ3v) is 5.76. The minimum atomic E-state index is -0.0441. The van der Waals surface area contributed by atoms with E-state index < -0.39 is 0 Å². The van der Waals surface area contributed by atoms with Crippen molar-refractivity contribution >= 4 is 46.7 Å². The van der Waals surface area contributed by atoms with E-state index in [0.717, 1.165) is 34.4 Å². The highest BCUT2D eigenvalue weighted by molar-refractivity contribution is 8.03. The van der Waals surface area contributed by atoms with E-state index in [1.54, 1.807) is 86.3 Å². The molecule has 0 saturated carbocycles. The highest BCUT2D eigenvalue weighted by Crippen LogP contribution is 2.17. The molecule has 2 amide bonds. The number of ether oxygens (including phenoxy) is 2. The molecule has 2 N–H and O–H groups in total. The van der Waals surface area contributed by atoms with Crippen LogP contribution >= 0.6 is 23.5 Å². The van der Waals surface area contributed by atoms with Gasteiger partial charge < -0.3 is 20.1 Å². The van der Waals surface area contributed by atoms with Gasteiger partial charge in [-0.15, -0.1) is 0 Å². The minimum Gasteiger partial charge on any atom is -0.497 e. The van der Waals surface area contributed by atoms with Crippen molar-refractivity contribution in [2.75, 3.05) is 47.9 Å². The molecule has 0 atom stereocenters. The van der Waals surface area contributed by atoms with Crippen LogP contribution in [0.1, 0.15) is 0 Å². The lowest BCUT2D eigenvalue weighted by molar-refractivity contribution is -0.114. The van der Waals surface area contributed by atoms with E-state index in [-0.39, 0.29) is 11.8 Å². The van der Waals surface area contributed by atoms with Crippen molar-refractivity contribution in [3.8, 4) is 11.5 Å². The predicted molar refractivity (Wildman–Crippen MR) is 118 cm³/mol. The maximum Gasteiger partial charge on any atom is 0.234 e. The van der Waals surface area contributed by atoms with E-state index in [1.165, 1.54) is 0 Å². The van der Waals surface area contributed by atoms with Crippen molar-refractivity contribution in [2.24, 2.45) is 0 Å². The van der Waals surface area contributed by atoms with Gasteiger partial charge in [-0.25, -0.2) is 0 Å². The Kier molecular flexibility index (Phi) is 9.57. The molecule has 150 valence electrons. The van der Waals surface area contributed by atoms with Gasteiger partial charge in [0, 0.05) is 22.9 Å². The monoisotopic (exact) mass is 420 g/mol. The number of carbonyl (C=O) groups excluding carboxylic acids is 2. The first kappa shape index (κ1) is 22.0. The fourth-order valence-corrected chi connectivity index (χ4v) is 3.94. The van der Waals surface area contributed by atoms with Gasteiger partial charge in [0.1, 0.15) is 11.5 Å². The Morgan fingerprint density at radius 3 is 1.39 bits per heavy atom. The van der Waals surface area contributed by atoms with Crippen LogP contribution in [0.2, 0.25) is 0 Å². The van der Waals surface area contributed by atoms with Crippen LogP contribution in [-0.4, -0.2) is 49.0 Å². The third-order valence-electron chi connectivity index (χ3n) is 3.59. The minimum absolute atomic E-state index is 0.0441. The van der Waals surface area contributed by atoms with Crippen molar-refractivity contribution in [3.05, 3.63) is 48.5 Å². The van der Waals surface area contributed by atoms with Crippen molar-refractivity contribution < 1.29 is 19.1 Å². The Morgan fingerprint density at radius 1 is 0.714 bits per heavy atom. The second kappa shape index (κ2) is 12.2. The first-order valence-corrected chi connectivity index (χ1v) is 10.9. The van der Waals surface area contributed by atoms with Crippen LogP contribution in [0.3, 0.4) is 0 Å². The lowest BCUT2D eigenvalue weighted by atomic mass is 10.3. The summed E-state index contributed by atoms with van der Waals surface area (Å²) in [6, 6.07) is 14.4. The number of hydrogen-bond donors (Lipinski definition) is 2. The van der Waals surface area contributed by atoms with Gasteiger partial charge in [0.15, 0.2) is 0 Å². The van der Waals surface area contributed by atoms with Gasteiger partial charge in [0.05, 0.1) is 25.7 Å². The number of nitrogens with one attached hydrogen (secondary N) is 2. The first-order valence-electron chi connectivity index (χ1n) is 8.64. The summed E-state index contributed by atoms with van der Waals surface area (Å²) in [5.41, 5.74) is 1.49. The van der Waals surface area contributed by atoms with Gasteiger partial charge in [0.25, 0.3) is 0 Å². The van der Waals surface area contributed by atoms with Crippen molar-refractivity contribution in [2.45, 2.75) is 0 Å². The molecule has 0 bridgehead atoms. The Morgan fingerprint density at radius 2 is 1.07 bits per heavy atom. The summed E-state index contributed by atoms with van der Waals surface area (Å²) in [5.74, 6) is 3.78. The molecule has 0 aliphatic heterocycles. The third kappa shape index (κ3) is 8.14. The van der Waals surface area contributed by atoms with E-state index in [9.17, 15) is 9.59 Å². The Hall–Kier alpha value is -2.32. The summed E-state index contributed by atoms with van der Waals surface area (Å²) < 4.78 is 10.2. The van der Waals surface area contributed by atoms with Crippen LogP contribution in [0.4, 0.5) is 11.4 Å². The molecule has 0 aliphatic rings. The summed E-state index contributed by atoms with van der Waals surface area (Å²) in [6.45, 7) is 0. The number of amides is 2. The fraction of sp³-hybridized carbons (Fsp3) is 0.300. The predicted octanol–water partition coefficient (Wildman–Crippen LogP) is 3.75. The molecule has 0 heterocycles.